The maximum Gasteiger partial charge on any atom is 0.315 e. The van der Waals surface area contributed by atoms with E-state index in [0.29, 0.717) is 19.6 Å². The number of nitrogens with zero attached hydrogens (tertiary/aromatic N) is 2. The van der Waals surface area contributed by atoms with E-state index >= 15 is 0 Å². The minimum atomic E-state index is -0.444. The first kappa shape index (κ1) is 11.0. The Bertz CT molecular complexity index is 529. The number of amides is 3. The topological polar surface area (TPSA) is 74.3 Å². The predicted octanol–water partition coefficient (Wildman–Crippen LogP) is -0.0864. The van der Waals surface area contributed by atoms with E-state index in [9.17, 15) is 9.59 Å². The minimum absolute atomic E-state index is 0.0396. The summed E-state index contributed by atoms with van der Waals surface area (Å²) in [6.45, 7) is 3.48. The highest BCUT2D eigenvalue weighted by atomic mass is 16.2. The van der Waals surface area contributed by atoms with Gasteiger partial charge in [0.05, 0.1) is 0 Å². The van der Waals surface area contributed by atoms with Crippen molar-refractivity contribution in [1.29, 1.82) is 0 Å². The van der Waals surface area contributed by atoms with Crippen LogP contribution in [0.25, 0.3) is 0 Å². The molecule has 0 saturated carbocycles. The van der Waals surface area contributed by atoms with Crippen molar-refractivity contribution in [1.82, 2.24) is 20.5 Å². The molecular weight excluding hydrogens is 232 g/mol. The molecule has 0 aliphatic carbocycles. The number of urea groups is 1. The Labute approximate surface area is 104 Å². The highest BCUT2D eigenvalue weighted by Crippen LogP contribution is 2.23. The zero-order valence-corrected chi connectivity index (χ0v) is 10.1. The smallest absolute Gasteiger partial charge is 0.315 e. The monoisotopic (exact) mass is 246 g/mol. The second kappa shape index (κ2) is 3.97. The molecule has 3 rings (SSSR count). The van der Waals surface area contributed by atoms with Crippen LogP contribution in [0.4, 0.5) is 4.79 Å². The van der Waals surface area contributed by atoms with E-state index in [1.54, 1.807) is 4.90 Å². The molecule has 1 unspecified atom stereocenters. The fourth-order valence-electron chi connectivity index (χ4n) is 2.38. The van der Waals surface area contributed by atoms with Gasteiger partial charge in [0.2, 0.25) is 5.91 Å². The zero-order chi connectivity index (χ0) is 12.7. The molecule has 2 aliphatic rings. The third-order valence-corrected chi connectivity index (χ3v) is 3.32. The van der Waals surface area contributed by atoms with Crippen LogP contribution in [0.2, 0.25) is 0 Å². The lowest BCUT2D eigenvalue weighted by Gasteiger charge is -2.18. The summed E-state index contributed by atoms with van der Waals surface area (Å²) in [5, 5.41) is 5.21. The summed E-state index contributed by atoms with van der Waals surface area (Å²) < 4.78 is 0. The lowest BCUT2D eigenvalue weighted by molar-refractivity contribution is -0.133. The van der Waals surface area contributed by atoms with Crippen molar-refractivity contribution in [2.45, 2.75) is 26.1 Å². The van der Waals surface area contributed by atoms with Crippen molar-refractivity contribution in [3.63, 3.8) is 0 Å². The summed E-state index contributed by atoms with van der Waals surface area (Å²) in [4.78, 5) is 29.2. The Morgan fingerprint density at radius 3 is 2.94 bits per heavy atom. The Morgan fingerprint density at radius 2 is 2.22 bits per heavy atom. The molecule has 94 valence electrons. The molecule has 0 spiro atoms. The Balaban J connectivity index is 1.73. The normalized spacial score (nSPS) is 21.5. The van der Waals surface area contributed by atoms with Crippen molar-refractivity contribution in [2.24, 2.45) is 0 Å². The molecule has 1 atom stereocenters. The first-order valence-corrected chi connectivity index (χ1v) is 5.91. The van der Waals surface area contributed by atoms with Gasteiger partial charge in [0, 0.05) is 31.5 Å². The summed E-state index contributed by atoms with van der Waals surface area (Å²) in [6.07, 6.45) is 1.82. The molecule has 2 aliphatic heterocycles. The van der Waals surface area contributed by atoms with Gasteiger partial charge in [-0.2, -0.15) is 0 Å². The molecule has 0 bridgehead atoms. The number of hydrogen-bond acceptors (Lipinski definition) is 3. The maximum absolute atomic E-state index is 12.2. The average Bonchev–Trinajstić information content (AvgIpc) is 2.93. The number of aromatic nitrogens is 1. The first-order valence-electron chi connectivity index (χ1n) is 5.91. The van der Waals surface area contributed by atoms with Crippen molar-refractivity contribution in [2.75, 3.05) is 6.54 Å². The van der Waals surface area contributed by atoms with Gasteiger partial charge in [0.25, 0.3) is 0 Å². The molecule has 18 heavy (non-hydrogen) atoms. The molecule has 2 N–H and O–H groups in total. The highest BCUT2D eigenvalue weighted by molar-refractivity contribution is 5.90. The van der Waals surface area contributed by atoms with Gasteiger partial charge in [-0.25, -0.2) is 4.79 Å². The van der Waals surface area contributed by atoms with Crippen molar-refractivity contribution >= 4 is 11.9 Å². The average molecular weight is 246 g/mol. The lowest BCUT2D eigenvalue weighted by Crippen LogP contribution is -2.43. The van der Waals surface area contributed by atoms with Gasteiger partial charge >= 0.3 is 6.03 Å². The van der Waals surface area contributed by atoms with Gasteiger partial charge in [-0.3, -0.25) is 9.78 Å². The summed E-state index contributed by atoms with van der Waals surface area (Å²) in [5.41, 5.74) is 3.19. The van der Waals surface area contributed by atoms with Gasteiger partial charge in [-0.1, -0.05) is 0 Å². The molecule has 1 aromatic rings. The van der Waals surface area contributed by atoms with Crippen LogP contribution < -0.4 is 10.6 Å². The number of hydrogen-bond donors (Lipinski definition) is 2. The fourth-order valence-corrected chi connectivity index (χ4v) is 2.38. The Morgan fingerprint density at radius 1 is 1.44 bits per heavy atom. The van der Waals surface area contributed by atoms with Crippen LogP contribution in [0, 0.1) is 6.92 Å². The van der Waals surface area contributed by atoms with Crippen LogP contribution in [0.3, 0.4) is 0 Å². The van der Waals surface area contributed by atoms with E-state index in [1.165, 1.54) is 0 Å². The van der Waals surface area contributed by atoms with Crippen LogP contribution in [-0.4, -0.2) is 34.4 Å². The van der Waals surface area contributed by atoms with E-state index in [2.05, 4.69) is 15.6 Å². The van der Waals surface area contributed by atoms with Crippen LogP contribution in [-0.2, 0) is 17.9 Å². The molecule has 1 saturated heterocycles. The van der Waals surface area contributed by atoms with Crippen LogP contribution in [0.15, 0.2) is 12.3 Å². The van der Waals surface area contributed by atoms with E-state index < -0.39 is 6.04 Å². The molecule has 0 aromatic carbocycles. The van der Waals surface area contributed by atoms with Crippen LogP contribution in [0.1, 0.15) is 16.8 Å². The summed E-state index contributed by atoms with van der Waals surface area (Å²) in [6, 6.07) is 1.29. The number of pyridine rings is 1. The molecule has 3 amide bonds. The third kappa shape index (κ3) is 1.79. The number of carbonyl (C=O) groups excluding carboxylic acids is 2. The zero-order valence-electron chi connectivity index (χ0n) is 10.1. The van der Waals surface area contributed by atoms with E-state index in [1.807, 2.05) is 19.2 Å². The Hall–Kier alpha value is -2.11. The second-order valence-electron chi connectivity index (χ2n) is 4.70. The highest BCUT2D eigenvalue weighted by Gasteiger charge is 2.33. The molecule has 1 fully saturated rings. The van der Waals surface area contributed by atoms with Gasteiger partial charge in [0.1, 0.15) is 6.04 Å². The van der Waals surface area contributed by atoms with Crippen molar-refractivity contribution in [3.05, 3.63) is 29.1 Å². The van der Waals surface area contributed by atoms with Gasteiger partial charge in [0.15, 0.2) is 0 Å². The number of fused-ring (bicyclic) bond motifs is 1. The molecule has 6 heteroatoms. The standard InChI is InChI=1S/C12H14N4O2/c1-7-2-8-5-16(6-9(8)3-13-7)11(17)10-4-14-12(18)15-10/h2-3,10H,4-6H2,1H3,(H2,14,15,18). The third-order valence-electron chi connectivity index (χ3n) is 3.32. The van der Waals surface area contributed by atoms with Crippen molar-refractivity contribution in [3.8, 4) is 0 Å². The van der Waals surface area contributed by atoms with E-state index in [-0.39, 0.29) is 11.9 Å². The van der Waals surface area contributed by atoms with Crippen LogP contribution >= 0.6 is 0 Å². The summed E-state index contributed by atoms with van der Waals surface area (Å²) in [5.74, 6) is -0.0396. The van der Waals surface area contributed by atoms with Crippen molar-refractivity contribution < 1.29 is 9.59 Å². The summed E-state index contributed by atoms with van der Waals surface area (Å²) in [7, 11) is 0. The van der Waals surface area contributed by atoms with E-state index in [0.717, 1.165) is 16.8 Å². The molecule has 1 aromatic heterocycles. The second-order valence-corrected chi connectivity index (χ2v) is 4.70. The van der Waals surface area contributed by atoms with Gasteiger partial charge in [-0.15, -0.1) is 0 Å². The molecule has 3 heterocycles. The first-order chi connectivity index (χ1) is 8.63. The van der Waals surface area contributed by atoms with Gasteiger partial charge in [-0.05, 0) is 24.1 Å². The van der Waals surface area contributed by atoms with Gasteiger partial charge < -0.3 is 15.5 Å². The number of carbonyl (C=O) groups is 2. The minimum Gasteiger partial charge on any atom is -0.336 e. The SMILES string of the molecule is Cc1cc2c(cn1)CN(C(=O)C1CNC(=O)N1)C2. The summed E-state index contributed by atoms with van der Waals surface area (Å²) >= 11 is 0. The predicted molar refractivity (Wildman–Crippen MR) is 63.6 cm³/mol. The maximum atomic E-state index is 12.2. The molecular formula is C12H14N4O2. The molecule has 6 nitrogen and oxygen atoms in total. The lowest BCUT2D eigenvalue weighted by atomic mass is 10.2. The largest absolute Gasteiger partial charge is 0.336 e. The number of rotatable bonds is 1. The number of nitrogens with one attached hydrogen (secondary N) is 2. The fraction of sp³-hybridized carbons (Fsp3) is 0.417. The number of aryl methyl sites for hydroxylation is 1. The van der Waals surface area contributed by atoms with E-state index in [4.69, 9.17) is 0 Å². The quantitative estimate of drug-likeness (QED) is 0.727. The van der Waals surface area contributed by atoms with Crippen LogP contribution in [0.5, 0.6) is 0 Å². The molecule has 0 radical (unpaired) electrons. The Kier molecular flexibility index (Phi) is 2.43.